The van der Waals surface area contributed by atoms with Gasteiger partial charge in [0.2, 0.25) is 0 Å². The second-order valence-corrected chi connectivity index (χ2v) is 17.6. The Morgan fingerprint density at radius 3 is 0.333 bits per heavy atom. The molecule has 0 aliphatic rings. The molecule has 0 N–H and O–H groups in total. The first-order chi connectivity index (χ1) is 35.3. The van der Waals surface area contributed by atoms with E-state index in [4.69, 9.17) is 28.4 Å². The quantitative estimate of drug-likeness (QED) is 0.102. The minimum Gasteiger partial charge on any atom is -0.497 e. The number of benzene rings is 10. The molecule has 0 fully saturated rings. The van der Waals surface area contributed by atoms with Crippen LogP contribution in [0.5, 0.6) is 34.5 Å². The maximum absolute atomic E-state index is 5.58. The summed E-state index contributed by atoms with van der Waals surface area (Å²) in [6.45, 7) is 0. The van der Waals surface area contributed by atoms with Gasteiger partial charge in [-0.15, -0.1) is 0 Å². The Morgan fingerprint density at radius 2 is 0.236 bits per heavy atom. The molecule has 354 valence electrons. The van der Waals surface area contributed by atoms with Crippen molar-refractivity contribution in [1.29, 1.82) is 0 Å². The van der Waals surface area contributed by atoms with Crippen molar-refractivity contribution in [3.8, 4) is 135 Å². The average molecular weight is 943 g/mol. The summed E-state index contributed by atoms with van der Waals surface area (Å²) in [7, 11) is 10.2. The molecular weight excluding hydrogens is 889 g/mol. The molecule has 0 spiro atoms. The Hall–Kier alpha value is -9.00. The van der Waals surface area contributed by atoms with Crippen LogP contribution in [0.2, 0.25) is 0 Å². The minimum atomic E-state index is 0.805. The van der Waals surface area contributed by atoms with E-state index in [1.165, 1.54) is 0 Å². The normalized spacial score (nSPS) is 10.9. The smallest absolute Gasteiger partial charge is 0.118 e. The van der Waals surface area contributed by atoms with Crippen molar-refractivity contribution in [2.24, 2.45) is 0 Å². The summed E-state index contributed by atoms with van der Waals surface area (Å²) in [4.78, 5) is 0. The number of ether oxygens (including phenoxy) is 6. The van der Waals surface area contributed by atoms with E-state index in [0.717, 1.165) is 135 Å². The fourth-order valence-corrected chi connectivity index (χ4v) is 9.21. The van der Waals surface area contributed by atoms with E-state index in [1.54, 1.807) is 42.7 Å². The predicted octanol–water partition coefficient (Wildman–Crippen LogP) is 16.7. The number of hydrogen-bond donors (Lipinski definition) is 0. The molecule has 0 bridgehead atoms. The lowest BCUT2D eigenvalue weighted by molar-refractivity contribution is 0.415. The molecule has 0 aliphatic carbocycles. The van der Waals surface area contributed by atoms with Crippen molar-refractivity contribution in [2.75, 3.05) is 42.7 Å². The Labute approximate surface area is 422 Å². The van der Waals surface area contributed by atoms with E-state index in [0.29, 0.717) is 0 Å². The molecule has 0 radical (unpaired) electrons. The fraction of sp³-hybridized carbons (Fsp3) is 0.0909. The molecule has 0 saturated carbocycles. The largest absolute Gasteiger partial charge is 0.497 e. The standard InChI is InChI=1S/C66H54O6/c1-67-61-19-7-43(8-20-61)49-31-50(44-9-21-62(68-2)22-10-44)35-55(34-49)58-40-59(56-36-51(45-11-23-63(69-3)24-12-45)32-52(37-56)46-13-25-64(70-4)26-14-46)42-60(41-58)57-38-53(47-15-27-65(71-5)28-16-47)33-54(39-57)48-17-29-66(72-6)30-18-48/h7-42H,1-6H3. The summed E-state index contributed by atoms with van der Waals surface area (Å²) >= 11 is 0. The highest BCUT2D eigenvalue weighted by Gasteiger charge is 2.16. The van der Waals surface area contributed by atoms with Crippen LogP contribution >= 0.6 is 0 Å². The molecule has 0 atom stereocenters. The van der Waals surface area contributed by atoms with Gasteiger partial charge in [0.25, 0.3) is 0 Å². The molecule has 0 saturated heterocycles. The maximum Gasteiger partial charge on any atom is 0.118 e. The first-order valence-corrected chi connectivity index (χ1v) is 23.8. The van der Waals surface area contributed by atoms with Crippen LogP contribution in [0.1, 0.15) is 0 Å². The molecule has 6 nitrogen and oxygen atoms in total. The molecule has 72 heavy (non-hydrogen) atoms. The molecule has 10 aromatic carbocycles. The number of rotatable bonds is 15. The summed E-state index contributed by atoms with van der Waals surface area (Å²) in [6, 6.07) is 77.2. The van der Waals surface area contributed by atoms with Crippen molar-refractivity contribution in [3.63, 3.8) is 0 Å². The zero-order valence-corrected chi connectivity index (χ0v) is 41.2. The second kappa shape index (κ2) is 20.9. The SMILES string of the molecule is COc1ccc(-c2cc(-c3ccc(OC)cc3)cc(-c3cc(-c4cc(-c5ccc(OC)cc5)cc(-c5ccc(OC)cc5)c4)cc(-c4cc(-c5ccc(OC)cc5)cc(-c5ccc(OC)cc5)c4)c3)c2)cc1. The lowest BCUT2D eigenvalue weighted by Crippen LogP contribution is -1.92. The number of methoxy groups -OCH3 is 6. The van der Waals surface area contributed by atoms with Gasteiger partial charge in [0, 0.05) is 0 Å². The van der Waals surface area contributed by atoms with Gasteiger partial charge in [0.05, 0.1) is 42.7 Å². The summed E-state index contributed by atoms with van der Waals surface area (Å²) in [6.07, 6.45) is 0. The Bertz CT molecular complexity index is 2890. The molecule has 6 heteroatoms. The van der Waals surface area contributed by atoms with Crippen LogP contribution in [0, 0.1) is 0 Å². The van der Waals surface area contributed by atoms with Gasteiger partial charge in [0.1, 0.15) is 34.5 Å². The molecular formula is C66H54O6. The fourth-order valence-electron chi connectivity index (χ4n) is 9.21. The Balaban J connectivity index is 1.24. The molecule has 0 heterocycles. The van der Waals surface area contributed by atoms with Crippen LogP contribution in [0.3, 0.4) is 0 Å². The minimum absolute atomic E-state index is 0.805. The van der Waals surface area contributed by atoms with Crippen LogP contribution in [0.15, 0.2) is 218 Å². The third-order valence-electron chi connectivity index (χ3n) is 13.3. The molecule has 10 rings (SSSR count). The van der Waals surface area contributed by atoms with Crippen LogP contribution in [0.25, 0.3) is 100 Å². The highest BCUT2D eigenvalue weighted by molar-refractivity contribution is 5.90. The van der Waals surface area contributed by atoms with Gasteiger partial charge in [-0.05, 0) is 246 Å². The van der Waals surface area contributed by atoms with Gasteiger partial charge < -0.3 is 28.4 Å². The maximum atomic E-state index is 5.58. The van der Waals surface area contributed by atoms with E-state index in [2.05, 4.69) is 146 Å². The Morgan fingerprint density at radius 1 is 0.139 bits per heavy atom. The highest BCUT2D eigenvalue weighted by Crippen LogP contribution is 2.42. The van der Waals surface area contributed by atoms with E-state index in [9.17, 15) is 0 Å². The topological polar surface area (TPSA) is 55.4 Å². The summed E-state index contributed by atoms with van der Waals surface area (Å²) in [5.41, 5.74) is 19.4. The van der Waals surface area contributed by atoms with Crippen molar-refractivity contribution in [2.45, 2.75) is 0 Å². The third kappa shape index (κ3) is 10.2. The first-order valence-electron chi connectivity index (χ1n) is 23.8. The van der Waals surface area contributed by atoms with Gasteiger partial charge in [0.15, 0.2) is 0 Å². The molecule has 0 unspecified atom stereocenters. The van der Waals surface area contributed by atoms with Crippen molar-refractivity contribution < 1.29 is 28.4 Å². The van der Waals surface area contributed by atoms with E-state index in [-0.39, 0.29) is 0 Å². The van der Waals surface area contributed by atoms with Gasteiger partial charge in [-0.1, -0.05) is 72.8 Å². The average Bonchev–Trinajstić information content (AvgIpc) is 3.46. The van der Waals surface area contributed by atoms with Crippen molar-refractivity contribution in [1.82, 2.24) is 0 Å². The lowest BCUT2D eigenvalue weighted by atomic mass is 9.87. The van der Waals surface area contributed by atoms with Crippen LogP contribution in [0.4, 0.5) is 0 Å². The second-order valence-electron chi connectivity index (χ2n) is 17.6. The molecule has 0 amide bonds. The van der Waals surface area contributed by atoms with E-state index in [1.807, 2.05) is 72.8 Å². The zero-order valence-electron chi connectivity index (χ0n) is 41.2. The van der Waals surface area contributed by atoms with Crippen LogP contribution in [-0.4, -0.2) is 42.7 Å². The van der Waals surface area contributed by atoms with Crippen LogP contribution < -0.4 is 28.4 Å². The van der Waals surface area contributed by atoms with Crippen LogP contribution in [-0.2, 0) is 0 Å². The van der Waals surface area contributed by atoms with E-state index >= 15 is 0 Å². The third-order valence-corrected chi connectivity index (χ3v) is 13.3. The van der Waals surface area contributed by atoms with Crippen molar-refractivity contribution >= 4 is 0 Å². The van der Waals surface area contributed by atoms with E-state index < -0.39 is 0 Å². The molecule has 0 aliphatic heterocycles. The zero-order chi connectivity index (χ0) is 49.6. The predicted molar refractivity (Wildman–Crippen MR) is 295 cm³/mol. The number of hydrogen-bond acceptors (Lipinski definition) is 6. The Kier molecular flexibility index (Phi) is 13.6. The molecule has 0 aromatic heterocycles. The first kappa shape index (κ1) is 46.7. The summed E-state index contributed by atoms with van der Waals surface area (Å²) in [5, 5.41) is 0. The van der Waals surface area contributed by atoms with Gasteiger partial charge >= 0.3 is 0 Å². The summed E-state index contributed by atoms with van der Waals surface area (Å²) in [5.74, 6) is 4.83. The van der Waals surface area contributed by atoms with Gasteiger partial charge in [-0.2, -0.15) is 0 Å². The molecule has 10 aromatic rings. The summed E-state index contributed by atoms with van der Waals surface area (Å²) < 4.78 is 33.5. The highest BCUT2D eigenvalue weighted by atomic mass is 16.5. The van der Waals surface area contributed by atoms with Gasteiger partial charge in [-0.3, -0.25) is 0 Å². The monoisotopic (exact) mass is 942 g/mol. The lowest BCUT2D eigenvalue weighted by Gasteiger charge is -2.17. The van der Waals surface area contributed by atoms with Gasteiger partial charge in [-0.25, -0.2) is 0 Å². The van der Waals surface area contributed by atoms with Crippen molar-refractivity contribution in [3.05, 3.63) is 218 Å².